The Labute approximate surface area is 199 Å². The summed E-state index contributed by atoms with van der Waals surface area (Å²) in [4.78, 5) is 32.1. The number of rotatable bonds is 6. The number of nitrogens with zero attached hydrogens (tertiary/aromatic N) is 3. The largest absolute Gasteiger partial charge is 0.418 e. The van der Waals surface area contributed by atoms with Crippen molar-refractivity contribution in [3.63, 3.8) is 0 Å². The zero-order valence-electron chi connectivity index (χ0n) is 19.0. The number of carbonyl (C=O) groups excluding carboxylic acids is 1. The van der Waals surface area contributed by atoms with Crippen molar-refractivity contribution in [3.8, 4) is 0 Å². The number of halogens is 3. The van der Waals surface area contributed by atoms with Gasteiger partial charge in [0.2, 0.25) is 5.91 Å². The van der Waals surface area contributed by atoms with E-state index in [4.69, 9.17) is 4.74 Å². The molecule has 0 unspecified atom stereocenters. The topological polar surface area (TPSA) is 76.5 Å². The third-order valence-corrected chi connectivity index (χ3v) is 6.33. The summed E-state index contributed by atoms with van der Waals surface area (Å²) in [5.74, 6) is -0.0931. The van der Waals surface area contributed by atoms with E-state index in [9.17, 15) is 22.8 Å². The Balaban J connectivity index is 1.35. The Morgan fingerprint density at radius 3 is 2.57 bits per heavy atom. The molecular formula is C25H25F3N4O3. The third-order valence-electron chi connectivity index (χ3n) is 6.33. The number of aryl methyl sites for hydroxylation is 1. The van der Waals surface area contributed by atoms with Crippen molar-refractivity contribution in [1.82, 2.24) is 9.55 Å². The highest BCUT2D eigenvalue weighted by molar-refractivity contribution is 5.92. The van der Waals surface area contributed by atoms with Gasteiger partial charge in [0.05, 0.1) is 35.4 Å². The molecule has 1 saturated carbocycles. The molecule has 3 aromatic rings. The van der Waals surface area contributed by atoms with Gasteiger partial charge in [0.15, 0.2) is 0 Å². The highest BCUT2D eigenvalue weighted by Gasteiger charge is 2.35. The molecule has 7 nitrogen and oxygen atoms in total. The van der Waals surface area contributed by atoms with Crippen molar-refractivity contribution in [2.75, 3.05) is 36.5 Å². The van der Waals surface area contributed by atoms with Gasteiger partial charge in [0.1, 0.15) is 5.82 Å². The van der Waals surface area contributed by atoms with Crippen molar-refractivity contribution in [2.24, 2.45) is 0 Å². The van der Waals surface area contributed by atoms with Crippen LogP contribution in [0.4, 0.5) is 24.5 Å². The van der Waals surface area contributed by atoms with Gasteiger partial charge in [-0.05, 0) is 43.2 Å². The fourth-order valence-corrected chi connectivity index (χ4v) is 4.41. The molecule has 0 spiro atoms. The van der Waals surface area contributed by atoms with Crippen LogP contribution in [0.15, 0.2) is 47.3 Å². The lowest BCUT2D eigenvalue weighted by molar-refractivity contribution is -0.136. The van der Waals surface area contributed by atoms with E-state index < -0.39 is 17.6 Å². The quantitative estimate of drug-likeness (QED) is 0.566. The van der Waals surface area contributed by atoms with E-state index in [0.717, 1.165) is 18.9 Å². The van der Waals surface area contributed by atoms with Gasteiger partial charge in [0.25, 0.3) is 5.56 Å². The molecular weight excluding hydrogens is 461 g/mol. The molecule has 10 heteroatoms. The number of hydrogen-bond acceptors (Lipinski definition) is 5. The Morgan fingerprint density at radius 2 is 1.86 bits per heavy atom. The zero-order chi connectivity index (χ0) is 24.6. The Hall–Kier alpha value is -3.40. The van der Waals surface area contributed by atoms with E-state index in [-0.39, 0.29) is 30.1 Å². The number of hydrogen-bond donors (Lipinski definition) is 1. The highest BCUT2D eigenvalue weighted by Crippen LogP contribution is 2.38. The SMILES string of the molecule is O=C(CCc1nc2ccccc2c(=O)n1C1CC1)Nc1ccc(N2CCOCC2)cc1C(F)(F)F. The van der Waals surface area contributed by atoms with Crippen LogP contribution < -0.4 is 15.8 Å². The fourth-order valence-electron chi connectivity index (χ4n) is 4.41. The van der Waals surface area contributed by atoms with Crippen LogP contribution in [0.25, 0.3) is 10.9 Å². The maximum absolute atomic E-state index is 13.8. The van der Waals surface area contributed by atoms with Crippen molar-refractivity contribution in [2.45, 2.75) is 37.9 Å². The first-order chi connectivity index (χ1) is 16.8. The maximum Gasteiger partial charge on any atom is 0.418 e. The second-order valence-corrected chi connectivity index (χ2v) is 8.83. The summed E-state index contributed by atoms with van der Waals surface area (Å²) in [6.07, 6.45) is -2.85. The molecule has 184 valence electrons. The summed E-state index contributed by atoms with van der Waals surface area (Å²) in [6.45, 7) is 1.91. The first-order valence-corrected chi connectivity index (χ1v) is 11.7. The molecule has 1 saturated heterocycles. The van der Waals surface area contributed by atoms with Crippen LogP contribution in [0.5, 0.6) is 0 Å². The summed E-state index contributed by atoms with van der Waals surface area (Å²) in [7, 11) is 0. The molecule has 1 N–H and O–H groups in total. The molecule has 5 rings (SSSR count). The number of carbonyl (C=O) groups is 1. The summed E-state index contributed by atoms with van der Waals surface area (Å²) in [5, 5.41) is 2.93. The first-order valence-electron chi connectivity index (χ1n) is 11.7. The van der Waals surface area contributed by atoms with Crippen molar-refractivity contribution in [3.05, 3.63) is 64.2 Å². The Morgan fingerprint density at radius 1 is 1.11 bits per heavy atom. The molecule has 2 fully saturated rings. The Kier molecular flexibility index (Phi) is 6.22. The van der Waals surface area contributed by atoms with Gasteiger partial charge in [-0.3, -0.25) is 14.2 Å². The van der Waals surface area contributed by atoms with Crippen LogP contribution in [0.2, 0.25) is 0 Å². The molecule has 35 heavy (non-hydrogen) atoms. The molecule has 1 aliphatic carbocycles. The molecule has 2 aromatic carbocycles. The van der Waals surface area contributed by atoms with Crippen LogP contribution in [-0.2, 0) is 22.1 Å². The van der Waals surface area contributed by atoms with Crippen LogP contribution >= 0.6 is 0 Å². The molecule has 2 heterocycles. The summed E-state index contributed by atoms with van der Waals surface area (Å²) in [5.41, 5.74) is -0.346. The zero-order valence-corrected chi connectivity index (χ0v) is 19.0. The lowest BCUT2D eigenvalue weighted by Gasteiger charge is -2.29. The molecule has 0 atom stereocenters. The van der Waals surface area contributed by atoms with Crippen LogP contribution in [0, 0.1) is 0 Å². The lowest BCUT2D eigenvalue weighted by Crippen LogP contribution is -2.36. The lowest BCUT2D eigenvalue weighted by atomic mass is 10.1. The van der Waals surface area contributed by atoms with Gasteiger partial charge in [0, 0.05) is 37.7 Å². The van der Waals surface area contributed by atoms with E-state index in [2.05, 4.69) is 10.3 Å². The van der Waals surface area contributed by atoms with Crippen LogP contribution in [0.1, 0.15) is 36.7 Å². The smallest absolute Gasteiger partial charge is 0.378 e. The average Bonchev–Trinajstić information content (AvgIpc) is 3.68. The number of anilines is 2. The minimum Gasteiger partial charge on any atom is -0.378 e. The number of morpholine rings is 1. The minimum absolute atomic E-state index is 0.0576. The van der Waals surface area contributed by atoms with Gasteiger partial charge in [-0.25, -0.2) is 4.98 Å². The van der Waals surface area contributed by atoms with Crippen LogP contribution in [-0.4, -0.2) is 41.8 Å². The van der Waals surface area contributed by atoms with Gasteiger partial charge in [-0.1, -0.05) is 12.1 Å². The predicted molar refractivity (Wildman–Crippen MR) is 126 cm³/mol. The van der Waals surface area contributed by atoms with Crippen LogP contribution in [0.3, 0.4) is 0 Å². The van der Waals surface area contributed by atoms with E-state index in [0.29, 0.717) is 48.7 Å². The van der Waals surface area contributed by atoms with E-state index in [1.165, 1.54) is 6.07 Å². The summed E-state index contributed by atoms with van der Waals surface area (Å²) < 4.78 is 48.3. The second-order valence-electron chi connectivity index (χ2n) is 8.83. The molecule has 2 aliphatic rings. The van der Waals surface area contributed by atoms with Crippen molar-refractivity contribution < 1.29 is 22.7 Å². The van der Waals surface area contributed by atoms with Gasteiger partial charge < -0.3 is 15.0 Å². The minimum atomic E-state index is -4.63. The number of benzene rings is 2. The van der Waals surface area contributed by atoms with Crippen molar-refractivity contribution in [1.29, 1.82) is 0 Å². The normalized spacial score (nSPS) is 16.5. The van der Waals surface area contributed by atoms with Crippen molar-refractivity contribution >= 4 is 28.2 Å². The van der Waals surface area contributed by atoms with Gasteiger partial charge in [-0.2, -0.15) is 13.2 Å². The number of fused-ring (bicyclic) bond motifs is 1. The molecule has 0 radical (unpaired) electrons. The van der Waals surface area contributed by atoms with E-state index >= 15 is 0 Å². The predicted octanol–water partition coefficient (Wildman–Crippen LogP) is 4.16. The maximum atomic E-state index is 13.8. The van der Waals surface area contributed by atoms with Gasteiger partial charge >= 0.3 is 6.18 Å². The number of nitrogens with one attached hydrogen (secondary N) is 1. The Bertz CT molecular complexity index is 1310. The van der Waals surface area contributed by atoms with Gasteiger partial charge in [-0.15, -0.1) is 0 Å². The number of aromatic nitrogens is 2. The number of para-hydroxylation sites is 1. The highest BCUT2D eigenvalue weighted by atomic mass is 19.4. The fraction of sp³-hybridized carbons (Fsp3) is 0.400. The molecule has 0 bridgehead atoms. The molecule has 1 aliphatic heterocycles. The second kappa shape index (κ2) is 9.33. The molecule has 1 aromatic heterocycles. The van der Waals surface area contributed by atoms with E-state index in [1.54, 1.807) is 34.9 Å². The average molecular weight is 486 g/mol. The van der Waals surface area contributed by atoms with E-state index in [1.807, 2.05) is 4.90 Å². The summed E-state index contributed by atoms with van der Waals surface area (Å²) >= 11 is 0. The number of amides is 1. The summed E-state index contributed by atoms with van der Waals surface area (Å²) in [6, 6.07) is 11.0. The number of ether oxygens (including phenoxy) is 1. The first kappa shape index (κ1) is 23.3. The molecule has 1 amide bonds. The third kappa shape index (κ3) is 5.02. The monoisotopic (exact) mass is 486 g/mol. The standard InChI is InChI=1S/C25H25F3N4O3/c26-25(27,28)19-15-17(31-11-13-35-14-12-31)7-8-21(19)30-23(33)10-9-22-29-20-4-2-1-3-18(20)24(34)32(22)16-5-6-16/h1-4,7-8,15-16H,5-6,9-14H2,(H,30,33). The number of alkyl halides is 3.